The van der Waals surface area contributed by atoms with E-state index in [2.05, 4.69) is 0 Å². The van der Waals surface area contributed by atoms with Gasteiger partial charge in [-0.05, 0) is 89.9 Å². The van der Waals surface area contributed by atoms with Crippen molar-refractivity contribution in [3.05, 3.63) is 0 Å². The van der Waals surface area contributed by atoms with Gasteiger partial charge in [-0.3, -0.25) is 20.4 Å². The van der Waals surface area contributed by atoms with E-state index in [0.717, 1.165) is 64.5 Å². The molecule has 5 rings (SSSR count). The average molecular weight is 731 g/mol. The lowest BCUT2D eigenvalue weighted by atomic mass is 9.96. The van der Waals surface area contributed by atoms with Crippen molar-refractivity contribution in [2.75, 3.05) is 65.4 Å². The van der Waals surface area contributed by atoms with Gasteiger partial charge in [0.1, 0.15) is 12.2 Å². The molecule has 2 atom stereocenters. The summed E-state index contributed by atoms with van der Waals surface area (Å²) in [6.07, 6.45) is 11.7. The summed E-state index contributed by atoms with van der Waals surface area (Å²) in [5.74, 6) is 0.330. The van der Waals surface area contributed by atoms with Gasteiger partial charge in [0.05, 0.1) is 0 Å². The van der Waals surface area contributed by atoms with Crippen LogP contribution in [0.2, 0.25) is 0 Å². The molecule has 16 heteroatoms. The molecule has 4 saturated heterocycles. The second-order valence-corrected chi connectivity index (χ2v) is 15.1. The van der Waals surface area contributed by atoms with Gasteiger partial charge in [-0.1, -0.05) is 0 Å². The summed E-state index contributed by atoms with van der Waals surface area (Å²) in [7, 11) is 0. The van der Waals surface area contributed by atoms with E-state index in [0.29, 0.717) is 104 Å². The minimum absolute atomic E-state index is 0.0824. The number of amides is 4. The largest absolute Gasteiger partial charge is 0.446 e. The third kappa shape index (κ3) is 11.0. The Labute approximate surface area is 308 Å². The first kappa shape index (κ1) is 39.2. The van der Waals surface area contributed by atoms with Crippen molar-refractivity contribution >= 4 is 35.9 Å². The standard InChI is InChI=1S/C36H62N10O6/c37-33(38)45-17-3-1-7-27(45)13-15-31(47)41-19-23-43(24-20-41)35(49)51-29-9-5-11-30(12-6-10-29)52-36(50)44-25-21-42(22-26-44)32(48)16-14-28-8-2-4-18-46(28)34(39)40/h27-30H,1-26H2,(H3,37,38)(H3,39,40). The molecule has 2 unspecified atom stereocenters. The van der Waals surface area contributed by atoms with Crippen molar-refractivity contribution in [3.63, 3.8) is 0 Å². The second-order valence-electron chi connectivity index (χ2n) is 15.1. The third-order valence-electron chi connectivity index (χ3n) is 11.7. The van der Waals surface area contributed by atoms with Crippen LogP contribution in [0.3, 0.4) is 0 Å². The van der Waals surface area contributed by atoms with Crippen LogP contribution in [0.25, 0.3) is 0 Å². The molecule has 0 aromatic heterocycles. The maximum absolute atomic E-state index is 13.0. The van der Waals surface area contributed by atoms with Crippen molar-refractivity contribution in [1.29, 1.82) is 10.8 Å². The number of ether oxygens (including phenoxy) is 2. The quantitative estimate of drug-likeness (QED) is 0.212. The molecule has 5 fully saturated rings. The number of hydrogen-bond donors (Lipinski definition) is 4. The lowest BCUT2D eigenvalue weighted by molar-refractivity contribution is -0.133. The number of nitrogens with zero attached hydrogens (tertiary/aromatic N) is 6. The number of carbonyl (C=O) groups excluding carboxylic acids is 4. The molecule has 1 aliphatic carbocycles. The Morgan fingerprint density at radius 2 is 0.827 bits per heavy atom. The van der Waals surface area contributed by atoms with E-state index in [4.69, 9.17) is 31.8 Å². The lowest BCUT2D eigenvalue weighted by Gasteiger charge is -2.38. The zero-order chi connectivity index (χ0) is 37.0. The highest BCUT2D eigenvalue weighted by Gasteiger charge is 2.32. The molecule has 4 heterocycles. The van der Waals surface area contributed by atoms with E-state index in [-0.39, 0.29) is 60.2 Å². The van der Waals surface area contributed by atoms with E-state index in [9.17, 15) is 19.2 Å². The van der Waals surface area contributed by atoms with Crippen LogP contribution in [-0.2, 0) is 19.1 Å². The van der Waals surface area contributed by atoms with Gasteiger partial charge in [0.25, 0.3) is 0 Å². The van der Waals surface area contributed by atoms with Gasteiger partial charge in [-0.2, -0.15) is 0 Å². The second kappa shape index (κ2) is 19.2. The Morgan fingerprint density at radius 3 is 1.17 bits per heavy atom. The third-order valence-corrected chi connectivity index (χ3v) is 11.7. The van der Waals surface area contributed by atoms with Crippen LogP contribution in [0.1, 0.15) is 103 Å². The number of hydrogen-bond acceptors (Lipinski definition) is 8. The summed E-state index contributed by atoms with van der Waals surface area (Å²) in [6, 6.07) is 0.281. The minimum atomic E-state index is -0.329. The maximum Gasteiger partial charge on any atom is 0.410 e. The molecule has 4 amide bonds. The minimum Gasteiger partial charge on any atom is -0.446 e. The molecule has 0 aromatic rings. The van der Waals surface area contributed by atoms with Crippen molar-refractivity contribution in [3.8, 4) is 0 Å². The molecule has 0 radical (unpaired) electrons. The highest BCUT2D eigenvalue weighted by atomic mass is 16.6. The van der Waals surface area contributed by atoms with Crippen LogP contribution in [0.15, 0.2) is 0 Å². The number of guanidine groups is 2. The van der Waals surface area contributed by atoms with Crippen molar-refractivity contribution in [1.82, 2.24) is 29.4 Å². The zero-order valence-electron chi connectivity index (χ0n) is 31.0. The van der Waals surface area contributed by atoms with Gasteiger partial charge in [0.15, 0.2) is 11.9 Å². The van der Waals surface area contributed by atoms with E-state index in [1.807, 2.05) is 19.6 Å². The summed E-state index contributed by atoms with van der Waals surface area (Å²) < 4.78 is 11.8. The molecule has 52 heavy (non-hydrogen) atoms. The number of nitrogens with two attached hydrogens (primary N) is 2. The molecular formula is C36H62N10O6. The van der Waals surface area contributed by atoms with Gasteiger partial charge in [-0.15, -0.1) is 0 Å². The number of piperidine rings is 2. The van der Waals surface area contributed by atoms with Crippen LogP contribution in [0.4, 0.5) is 9.59 Å². The highest BCUT2D eigenvalue weighted by molar-refractivity contribution is 5.78. The Morgan fingerprint density at radius 1 is 0.481 bits per heavy atom. The Hall–Kier alpha value is -3.98. The number of carbonyl (C=O) groups is 4. The van der Waals surface area contributed by atoms with Crippen LogP contribution in [-0.4, -0.2) is 155 Å². The van der Waals surface area contributed by atoms with Gasteiger partial charge in [0, 0.05) is 90.4 Å². The zero-order valence-corrected chi connectivity index (χ0v) is 31.0. The van der Waals surface area contributed by atoms with Crippen LogP contribution in [0, 0.1) is 10.8 Å². The van der Waals surface area contributed by atoms with Gasteiger partial charge in [-0.25, -0.2) is 9.59 Å². The molecule has 16 nitrogen and oxygen atoms in total. The lowest BCUT2D eigenvalue weighted by Crippen LogP contribution is -2.52. The molecular weight excluding hydrogens is 668 g/mol. The van der Waals surface area contributed by atoms with E-state index < -0.39 is 0 Å². The molecule has 6 N–H and O–H groups in total. The highest BCUT2D eigenvalue weighted by Crippen LogP contribution is 2.25. The number of rotatable bonds is 8. The summed E-state index contributed by atoms with van der Waals surface area (Å²) in [5, 5.41) is 15.7. The molecule has 4 aliphatic heterocycles. The van der Waals surface area contributed by atoms with Crippen LogP contribution < -0.4 is 11.5 Å². The first-order valence-corrected chi connectivity index (χ1v) is 19.8. The number of nitrogens with one attached hydrogen (secondary N) is 2. The van der Waals surface area contributed by atoms with Crippen molar-refractivity contribution in [2.45, 2.75) is 127 Å². The Balaban J connectivity index is 0.938. The van der Waals surface area contributed by atoms with Crippen LogP contribution in [0.5, 0.6) is 0 Å². The first-order chi connectivity index (χ1) is 25.1. The smallest absolute Gasteiger partial charge is 0.410 e. The molecule has 0 spiro atoms. The summed E-state index contributed by atoms with van der Waals surface area (Å²) >= 11 is 0. The van der Waals surface area contributed by atoms with Crippen LogP contribution >= 0.6 is 0 Å². The van der Waals surface area contributed by atoms with Crippen molar-refractivity contribution < 1.29 is 28.7 Å². The molecule has 5 aliphatic rings. The fourth-order valence-corrected chi connectivity index (χ4v) is 8.51. The summed E-state index contributed by atoms with van der Waals surface area (Å²) in [6.45, 7) is 5.28. The topological polar surface area (TPSA) is 206 Å². The van der Waals surface area contributed by atoms with Gasteiger partial charge < -0.3 is 50.3 Å². The van der Waals surface area contributed by atoms with Gasteiger partial charge in [0.2, 0.25) is 11.8 Å². The predicted octanol–water partition coefficient (Wildman–Crippen LogP) is 2.70. The number of piperazine rings is 2. The SMILES string of the molecule is N=C(N)N1CCCCC1CCC(=O)N1CCN(C(=O)OC2CCCC(OC(=O)N3CCN(C(=O)CCC4CCCCN4C(=N)N)CC3)CCC2)CC1. The fourth-order valence-electron chi connectivity index (χ4n) is 8.51. The predicted molar refractivity (Wildman–Crippen MR) is 196 cm³/mol. The van der Waals surface area contributed by atoms with E-state index in [1.54, 1.807) is 9.80 Å². The monoisotopic (exact) mass is 730 g/mol. The normalized spacial score (nSPS) is 26.2. The molecule has 0 bridgehead atoms. The molecule has 292 valence electrons. The van der Waals surface area contributed by atoms with Crippen molar-refractivity contribution in [2.24, 2.45) is 11.5 Å². The van der Waals surface area contributed by atoms with Gasteiger partial charge >= 0.3 is 12.2 Å². The first-order valence-electron chi connectivity index (χ1n) is 19.8. The van der Waals surface area contributed by atoms with E-state index in [1.165, 1.54) is 0 Å². The average Bonchev–Trinajstić information content (AvgIpc) is 3.14. The number of likely N-dealkylation sites (tertiary alicyclic amines) is 2. The molecule has 1 saturated carbocycles. The summed E-state index contributed by atoms with van der Waals surface area (Å²) in [5.41, 5.74) is 11.5. The molecule has 0 aromatic carbocycles. The fraction of sp³-hybridized carbons (Fsp3) is 0.833. The Bertz CT molecular complexity index is 1150. The van der Waals surface area contributed by atoms with E-state index >= 15 is 0 Å². The summed E-state index contributed by atoms with van der Waals surface area (Å²) in [4.78, 5) is 62.7. The Kier molecular flexibility index (Phi) is 14.5. The maximum atomic E-state index is 13.0.